The zero-order valence-electron chi connectivity index (χ0n) is 11.2. The van der Waals surface area contributed by atoms with Crippen LogP contribution in [-0.2, 0) is 5.75 Å². The first kappa shape index (κ1) is 14.0. The van der Waals surface area contributed by atoms with Crippen LogP contribution in [0.5, 0.6) is 0 Å². The lowest BCUT2D eigenvalue weighted by Gasteiger charge is -2.07. The van der Waals surface area contributed by atoms with E-state index < -0.39 is 0 Å². The molecule has 0 atom stereocenters. The van der Waals surface area contributed by atoms with E-state index in [1.807, 2.05) is 29.1 Å². The van der Waals surface area contributed by atoms with Crippen molar-refractivity contribution in [3.8, 4) is 5.69 Å². The second-order valence-corrected chi connectivity index (χ2v) is 6.04. The van der Waals surface area contributed by atoms with Crippen molar-refractivity contribution < 1.29 is 0 Å². The fraction of sp³-hybridized carbons (Fsp3) is 0.0625. The molecule has 0 amide bonds. The Morgan fingerprint density at radius 3 is 2.62 bits per heavy atom. The molecule has 0 radical (unpaired) electrons. The number of nitrogen functional groups attached to an aromatic ring is 1. The van der Waals surface area contributed by atoms with Gasteiger partial charge >= 0.3 is 0 Å². The van der Waals surface area contributed by atoms with Crippen LogP contribution in [0.4, 0.5) is 5.69 Å². The van der Waals surface area contributed by atoms with Gasteiger partial charge in [0, 0.05) is 33.8 Å². The molecule has 0 aliphatic rings. The van der Waals surface area contributed by atoms with E-state index in [4.69, 9.17) is 17.3 Å². The summed E-state index contributed by atoms with van der Waals surface area (Å²) < 4.78 is 1.84. The Morgan fingerprint density at radius 2 is 1.95 bits per heavy atom. The molecule has 0 saturated heterocycles. The molecule has 3 rings (SSSR count). The van der Waals surface area contributed by atoms with Gasteiger partial charge in [-0.2, -0.15) is 5.10 Å². The van der Waals surface area contributed by atoms with Crippen LogP contribution in [0.25, 0.3) is 5.69 Å². The van der Waals surface area contributed by atoms with E-state index in [0.29, 0.717) is 5.02 Å². The summed E-state index contributed by atoms with van der Waals surface area (Å²) in [6.07, 6.45) is 3.70. The topological polar surface area (TPSA) is 43.8 Å². The van der Waals surface area contributed by atoms with Crippen LogP contribution in [0.2, 0.25) is 5.02 Å². The number of hydrogen-bond donors (Lipinski definition) is 1. The van der Waals surface area contributed by atoms with E-state index in [9.17, 15) is 0 Å². The lowest BCUT2D eigenvalue weighted by molar-refractivity contribution is 0.880. The maximum absolute atomic E-state index is 5.96. The summed E-state index contributed by atoms with van der Waals surface area (Å²) in [4.78, 5) is 1.05. The summed E-state index contributed by atoms with van der Waals surface area (Å²) in [6, 6.07) is 15.9. The van der Waals surface area contributed by atoms with Crippen LogP contribution in [0, 0.1) is 0 Å². The summed E-state index contributed by atoms with van der Waals surface area (Å²) in [5, 5.41) is 4.88. The zero-order chi connectivity index (χ0) is 14.7. The van der Waals surface area contributed by atoms with Gasteiger partial charge < -0.3 is 5.73 Å². The number of halogens is 1. The number of hydrogen-bond acceptors (Lipinski definition) is 3. The molecule has 1 aromatic heterocycles. The molecule has 2 N–H and O–H groups in total. The van der Waals surface area contributed by atoms with E-state index in [1.54, 1.807) is 24.0 Å². The highest BCUT2D eigenvalue weighted by molar-refractivity contribution is 7.98. The van der Waals surface area contributed by atoms with Crippen LogP contribution in [-0.4, -0.2) is 9.78 Å². The fourth-order valence-electron chi connectivity index (χ4n) is 1.98. The monoisotopic (exact) mass is 315 g/mol. The number of benzene rings is 2. The van der Waals surface area contributed by atoms with Gasteiger partial charge in [0.1, 0.15) is 0 Å². The van der Waals surface area contributed by atoms with Gasteiger partial charge in [-0.3, -0.25) is 0 Å². The molecule has 0 fully saturated rings. The number of thioether (sulfide) groups is 1. The number of nitrogens with two attached hydrogens (primary N) is 1. The van der Waals surface area contributed by atoms with Crippen LogP contribution >= 0.6 is 23.4 Å². The Hall–Kier alpha value is -1.91. The summed E-state index contributed by atoms with van der Waals surface area (Å²) in [5.41, 5.74) is 8.98. The maximum Gasteiger partial charge on any atom is 0.0645 e. The minimum atomic E-state index is 0.667. The van der Waals surface area contributed by atoms with Gasteiger partial charge in [-0.25, -0.2) is 4.68 Å². The lowest BCUT2D eigenvalue weighted by Crippen LogP contribution is -1.94. The third-order valence-corrected chi connectivity index (χ3v) is 4.47. The van der Waals surface area contributed by atoms with E-state index >= 15 is 0 Å². The number of nitrogens with zero attached hydrogens (tertiary/aromatic N) is 2. The van der Waals surface area contributed by atoms with Gasteiger partial charge in [-0.15, -0.1) is 11.8 Å². The van der Waals surface area contributed by atoms with Crippen LogP contribution in [0.1, 0.15) is 5.56 Å². The normalized spacial score (nSPS) is 10.7. The minimum absolute atomic E-state index is 0.667. The Labute approximate surface area is 132 Å². The number of aromatic nitrogens is 2. The summed E-state index contributed by atoms with van der Waals surface area (Å²) in [6.45, 7) is 0. The minimum Gasteiger partial charge on any atom is -0.398 e. The zero-order valence-corrected chi connectivity index (χ0v) is 12.8. The smallest absolute Gasteiger partial charge is 0.0645 e. The first-order chi connectivity index (χ1) is 10.2. The van der Waals surface area contributed by atoms with E-state index in [-0.39, 0.29) is 0 Å². The van der Waals surface area contributed by atoms with Gasteiger partial charge in [-0.1, -0.05) is 23.7 Å². The molecule has 3 nitrogen and oxygen atoms in total. The number of anilines is 1. The standard InChI is InChI=1S/C16H14ClN3S/c17-13-4-7-16(15(18)10-13)21-11-12-2-5-14(6-3-12)20-9-1-8-19-20/h1-10H,11,18H2. The Morgan fingerprint density at radius 1 is 1.14 bits per heavy atom. The molecular weight excluding hydrogens is 302 g/mol. The third kappa shape index (κ3) is 3.40. The Bertz CT molecular complexity index is 724. The molecule has 1 heterocycles. The van der Waals surface area contributed by atoms with Crippen molar-refractivity contribution in [2.75, 3.05) is 5.73 Å². The highest BCUT2D eigenvalue weighted by atomic mass is 35.5. The van der Waals surface area contributed by atoms with Crippen molar-refractivity contribution in [3.63, 3.8) is 0 Å². The average molecular weight is 316 g/mol. The van der Waals surface area contributed by atoms with Crippen molar-refractivity contribution in [3.05, 3.63) is 71.5 Å². The van der Waals surface area contributed by atoms with Crippen molar-refractivity contribution in [2.24, 2.45) is 0 Å². The van der Waals surface area contributed by atoms with Crippen molar-refractivity contribution in [1.29, 1.82) is 0 Å². The van der Waals surface area contributed by atoms with Crippen molar-refractivity contribution in [1.82, 2.24) is 9.78 Å². The summed E-state index contributed by atoms with van der Waals surface area (Å²) in [7, 11) is 0. The van der Waals surface area contributed by atoms with Crippen molar-refractivity contribution in [2.45, 2.75) is 10.6 Å². The molecule has 3 aromatic rings. The molecule has 2 aromatic carbocycles. The predicted molar refractivity (Wildman–Crippen MR) is 89.0 cm³/mol. The largest absolute Gasteiger partial charge is 0.398 e. The second kappa shape index (κ2) is 6.24. The molecule has 0 aliphatic heterocycles. The van der Waals surface area contributed by atoms with E-state index in [1.165, 1.54) is 5.56 Å². The van der Waals surface area contributed by atoms with Gasteiger partial charge in [0.05, 0.1) is 5.69 Å². The first-order valence-corrected chi connectivity index (χ1v) is 7.85. The molecule has 106 valence electrons. The quantitative estimate of drug-likeness (QED) is 0.573. The van der Waals surface area contributed by atoms with E-state index in [2.05, 4.69) is 29.4 Å². The van der Waals surface area contributed by atoms with Crippen molar-refractivity contribution >= 4 is 29.1 Å². The molecule has 0 saturated carbocycles. The van der Waals surface area contributed by atoms with Crippen LogP contribution in [0.15, 0.2) is 65.8 Å². The molecular formula is C16H14ClN3S. The fourth-order valence-corrected chi connectivity index (χ4v) is 3.06. The van der Waals surface area contributed by atoms with E-state index in [0.717, 1.165) is 22.0 Å². The molecule has 0 spiro atoms. The highest BCUT2D eigenvalue weighted by Gasteiger charge is 2.02. The average Bonchev–Trinajstić information content (AvgIpc) is 3.01. The first-order valence-electron chi connectivity index (χ1n) is 6.49. The van der Waals surface area contributed by atoms with Gasteiger partial charge in [0.15, 0.2) is 0 Å². The Kier molecular flexibility index (Phi) is 4.18. The summed E-state index contributed by atoms with van der Waals surface area (Å²) in [5.74, 6) is 0.866. The molecule has 0 unspecified atom stereocenters. The molecule has 0 bridgehead atoms. The maximum atomic E-state index is 5.96. The molecule has 21 heavy (non-hydrogen) atoms. The van der Waals surface area contributed by atoms with Gasteiger partial charge in [0.2, 0.25) is 0 Å². The van der Waals surface area contributed by atoms with Crippen LogP contribution < -0.4 is 5.73 Å². The highest BCUT2D eigenvalue weighted by Crippen LogP contribution is 2.30. The third-order valence-electron chi connectivity index (χ3n) is 3.07. The summed E-state index contributed by atoms with van der Waals surface area (Å²) >= 11 is 7.61. The van der Waals surface area contributed by atoms with Crippen LogP contribution in [0.3, 0.4) is 0 Å². The number of rotatable bonds is 4. The Balaban J connectivity index is 1.68. The molecule has 0 aliphatic carbocycles. The second-order valence-electron chi connectivity index (χ2n) is 4.59. The molecule has 5 heteroatoms. The van der Waals surface area contributed by atoms with Gasteiger partial charge in [-0.05, 0) is 42.0 Å². The lowest BCUT2D eigenvalue weighted by atomic mass is 10.2. The predicted octanol–water partition coefficient (Wildman–Crippen LogP) is 4.40. The van der Waals surface area contributed by atoms with Gasteiger partial charge in [0.25, 0.3) is 0 Å². The SMILES string of the molecule is Nc1cc(Cl)ccc1SCc1ccc(-n2cccn2)cc1.